The van der Waals surface area contributed by atoms with Crippen molar-refractivity contribution in [1.82, 2.24) is 0 Å². The Kier molecular flexibility index (Phi) is 4.61. The maximum atomic E-state index is 11.2. The van der Waals surface area contributed by atoms with Crippen molar-refractivity contribution in [2.45, 2.75) is 19.4 Å². The van der Waals surface area contributed by atoms with E-state index in [1.54, 1.807) is 0 Å². The van der Waals surface area contributed by atoms with Crippen molar-refractivity contribution in [1.29, 1.82) is 0 Å². The average Bonchev–Trinajstić information content (AvgIpc) is 2.40. The van der Waals surface area contributed by atoms with Crippen molar-refractivity contribution in [3.63, 3.8) is 0 Å². The molecule has 0 bridgehead atoms. The second kappa shape index (κ2) is 6.42. The molecule has 0 spiro atoms. The van der Waals surface area contributed by atoms with Crippen molar-refractivity contribution < 1.29 is 14.3 Å². The fraction of sp³-hybridized carbons (Fsp3) is 0.429. The Bertz CT molecular complexity index is 422. The van der Waals surface area contributed by atoms with Crippen LogP contribution in [0.5, 0.6) is 0 Å². The number of hydrogen-bond acceptors (Lipinski definition) is 3. The van der Waals surface area contributed by atoms with Gasteiger partial charge in [-0.25, -0.2) is 4.99 Å². The minimum absolute atomic E-state index is 0.0166. The molecule has 1 aliphatic rings. The molecule has 0 radical (unpaired) electrons. The van der Waals surface area contributed by atoms with E-state index >= 15 is 0 Å². The molecule has 0 unspecified atom stereocenters. The molecule has 0 N–H and O–H groups in total. The summed E-state index contributed by atoms with van der Waals surface area (Å²) in [7, 11) is 0. The minimum Gasteiger partial charge on any atom is -0.376 e. The van der Waals surface area contributed by atoms with Crippen molar-refractivity contribution >= 4 is 11.6 Å². The molecule has 0 aliphatic carbocycles. The van der Waals surface area contributed by atoms with Gasteiger partial charge in [0.1, 0.15) is 0 Å². The van der Waals surface area contributed by atoms with Crippen LogP contribution in [0.3, 0.4) is 0 Å². The van der Waals surface area contributed by atoms with E-state index in [-0.39, 0.29) is 12.0 Å². The summed E-state index contributed by atoms with van der Waals surface area (Å²) in [5.74, 6) is -0.189. The van der Waals surface area contributed by atoms with Gasteiger partial charge in [-0.15, -0.1) is 0 Å². The average molecular weight is 247 g/mol. The number of nitrogens with zero attached hydrogens (tertiary/aromatic N) is 1. The summed E-state index contributed by atoms with van der Waals surface area (Å²) in [5, 5.41) is 0. The predicted molar refractivity (Wildman–Crippen MR) is 68.8 cm³/mol. The van der Waals surface area contributed by atoms with Crippen LogP contribution in [-0.4, -0.2) is 37.5 Å². The number of hydrogen-bond donors (Lipinski definition) is 0. The molecule has 1 heterocycles. The first-order valence-corrected chi connectivity index (χ1v) is 6.08. The van der Waals surface area contributed by atoms with E-state index in [1.807, 2.05) is 30.3 Å². The summed E-state index contributed by atoms with van der Waals surface area (Å²) < 4.78 is 11.0. The highest BCUT2D eigenvalue weighted by Gasteiger charge is 2.18. The number of carbonyl (C=O) groups excluding carboxylic acids is 1. The van der Waals surface area contributed by atoms with Crippen LogP contribution < -0.4 is 0 Å². The number of ether oxygens (including phenoxy) is 2. The third-order valence-electron chi connectivity index (χ3n) is 2.71. The van der Waals surface area contributed by atoms with Crippen LogP contribution in [0.1, 0.15) is 18.9 Å². The van der Waals surface area contributed by atoms with Crippen molar-refractivity contribution in [2.75, 3.05) is 19.8 Å². The van der Waals surface area contributed by atoms with E-state index < -0.39 is 0 Å². The molecular formula is C14H17NO3. The van der Waals surface area contributed by atoms with E-state index in [1.165, 1.54) is 6.92 Å². The number of rotatable bonds is 3. The fourth-order valence-corrected chi connectivity index (χ4v) is 1.92. The monoisotopic (exact) mass is 247 g/mol. The fourth-order valence-electron chi connectivity index (χ4n) is 1.92. The number of amides is 1. The zero-order chi connectivity index (χ0) is 12.8. The van der Waals surface area contributed by atoms with E-state index in [2.05, 4.69) is 4.99 Å². The SMILES string of the molecule is CC(=O)N=C(C[C@H]1COCCO1)c1ccccc1. The maximum Gasteiger partial charge on any atom is 0.242 e. The molecule has 0 saturated carbocycles. The van der Waals surface area contributed by atoms with Crippen LogP contribution >= 0.6 is 0 Å². The summed E-state index contributed by atoms with van der Waals surface area (Å²) in [6, 6.07) is 9.71. The lowest BCUT2D eigenvalue weighted by Gasteiger charge is -2.23. The Morgan fingerprint density at radius 3 is 2.72 bits per heavy atom. The molecule has 96 valence electrons. The van der Waals surface area contributed by atoms with Crippen LogP contribution in [0.25, 0.3) is 0 Å². The van der Waals surface area contributed by atoms with Crippen molar-refractivity contribution in [3.8, 4) is 0 Å². The zero-order valence-corrected chi connectivity index (χ0v) is 10.5. The molecule has 0 aromatic heterocycles. The molecule has 2 rings (SSSR count). The molecule has 1 amide bonds. The Hall–Kier alpha value is -1.52. The van der Waals surface area contributed by atoms with Gasteiger partial charge in [-0.1, -0.05) is 30.3 Å². The Morgan fingerprint density at radius 1 is 1.33 bits per heavy atom. The molecule has 1 aromatic carbocycles. The Balaban J connectivity index is 2.13. The topological polar surface area (TPSA) is 47.9 Å². The summed E-state index contributed by atoms with van der Waals surface area (Å²) in [6.07, 6.45) is 0.584. The van der Waals surface area contributed by atoms with Gasteiger partial charge >= 0.3 is 0 Å². The molecule has 1 aliphatic heterocycles. The number of aliphatic imine (C=N–C) groups is 1. The predicted octanol–water partition coefficient (Wildman–Crippen LogP) is 1.83. The third-order valence-corrected chi connectivity index (χ3v) is 2.71. The van der Waals surface area contributed by atoms with Gasteiger partial charge in [0.2, 0.25) is 5.91 Å². The second-order valence-corrected chi connectivity index (χ2v) is 4.22. The quantitative estimate of drug-likeness (QED) is 0.765. The maximum absolute atomic E-state index is 11.2. The summed E-state index contributed by atoms with van der Waals surface area (Å²) in [5.41, 5.74) is 1.72. The smallest absolute Gasteiger partial charge is 0.242 e. The first-order chi connectivity index (χ1) is 8.75. The van der Waals surface area contributed by atoms with Crippen LogP contribution in [0.2, 0.25) is 0 Å². The first-order valence-electron chi connectivity index (χ1n) is 6.08. The van der Waals surface area contributed by atoms with Crippen molar-refractivity contribution in [2.24, 2.45) is 4.99 Å². The van der Waals surface area contributed by atoms with Gasteiger partial charge in [0, 0.05) is 13.3 Å². The first kappa shape index (κ1) is 12.9. The van der Waals surface area contributed by atoms with E-state index in [9.17, 15) is 4.79 Å². The minimum atomic E-state index is -0.189. The molecule has 4 heteroatoms. The molecule has 1 atom stereocenters. The van der Waals surface area contributed by atoms with Crippen LogP contribution in [-0.2, 0) is 14.3 Å². The summed E-state index contributed by atoms with van der Waals surface area (Å²) in [6.45, 7) is 3.26. The summed E-state index contributed by atoms with van der Waals surface area (Å²) >= 11 is 0. The number of benzene rings is 1. The molecule has 18 heavy (non-hydrogen) atoms. The van der Waals surface area contributed by atoms with Gasteiger partial charge in [-0.05, 0) is 5.56 Å². The second-order valence-electron chi connectivity index (χ2n) is 4.22. The lowest BCUT2D eigenvalue weighted by atomic mass is 10.0. The Morgan fingerprint density at radius 2 is 2.11 bits per heavy atom. The van der Waals surface area contributed by atoms with Crippen LogP contribution in [0.4, 0.5) is 0 Å². The molecule has 1 fully saturated rings. The third kappa shape index (κ3) is 3.75. The Labute approximate surface area is 107 Å². The largest absolute Gasteiger partial charge is 0.376 e. The van der Waals surface area contributed by atoms with Gasteiger partial charge in [0.15, 0.2) is 0 Å². The summed E-state index contributed by atoms with van der Waals surface area (Å²) in [4.78, 5) is 15.3. The number of carbonyl (C=O) groups is 1. The lowest BCUT2D eigenvalue weighted by molar-refractivity contribution is -0.115. The van der Waals surface area contributed by atoms with E-state index in [4.69, 9.17) is 9.47 Å². The standard InChI is InChI=1S/C14H17NO3/c1-11(16)15-14(12-5-3-2-4-6-12)9-13-10-17-7-8-18-13/h2-6,13H,7-10H2,1H3/t13-/m0/s1. The van der Waals surface area contributed by atoms with Gasteiger partial charge in [0.25, 0.3) is 0 Å². The highest BCUT2D eigenvalue weighted by molar-refractivity contribution is 6.06. The highest BCUT2D eigenvalue weighted by Crippen LogP contribution is 2.12. The normalized spacial score (nSPS) is 20.7. The zero-order valence-electron chi connectivity index (χ0n) is 10.5. The van der Waals surface area contributed by atoms with Crippen LogP contribution in [0.15, 0.2) is 35.3 Å². The van der Waals surface area contributed by atoms with Gasteiger partial charge in [0.05, 0.1) is 31.6 Å². The van der Waals surface area contributed by atoms with Crippen LogP contribution in [0, 0.1) is 0 Å². The van der Waals surface area contributed by atoms with Crippen molar-refractivity contribution in [3.05, 3.63) is 35.9 Å². The van der Waals surface area contributed by atoms with E-state index in [0.717, 1.165) is 11.3 Å². The molecule has 1 aromatic rings. The molecule has 1 saturated heterocycles. The molecule has 4 nitrogen and oxygen atoms in total. The highest BCUT2D eigenvalue weighted by atomic mass is 16.6. The van der Waals surface area contributed by atoms with Gasteiger partial charge < -0.3 is 9.47 Å². The lowest BCUT2D eigenvalue weighted by Crippen LogP contribution is -2.31. The van der Waals surface area contributed by atoms with E-state index in [0.29, 0.717) is 26.2 Å². The van der Waals surface area contributed by atoms with Gasteiger partial charge in [-0.2, -0.15) is 0 Å². The van der Waals surface area contributed by atoms with Gasteiger partial charge in [-0.3, -0.25) is 4.79 Å². The molecular weight excluding hydrogens is 230 g/mol.